The molecule has 21 heavy (non-hydrogen) atoms. The third kappa shape index (κ3) is 3.53. The first-order chi connectivity index (χ1) is 9.73. The molecule has 0 aromatic heterocycles. The van der Waals surface area contributed by atoms with Gasteiger partial charge in [0.15, 0.2) is 5.78 Å². The van der Waals surface area contributed by atoms with E-state index < -0.39 is 5.54 Å². The third-order valence-electron chi connectivity index (χ3n) is 4.37. The topological polar surface area (TPSA) is 29.5 Å². The van der Waals surface area contributed by atoms with E-state index in [1.165, 1.54) is 5.56 Å². The predicted octanol–water partition coefficient (Wildman–Crippen LogP) is 3.28. The van der Waals surface area contributed by atoms with E-state index in [-0.39, 0.29) is 11.2 Å². The van der Waals surface area contributed by atoms with E-state index in [0.717, 1.165) is 18.7 Å². The molecule has 1 aromatic rings. The monoisotopic (exact) mass is 289 g/mol. The molecule has 1 aliphatic rings. The van der Waals surface area contributed by atoms with E-state index in [1.54, 1.807) is 0 Å². The van der Waals surface area contributed by atoms with Gasteiger partial charge in [0.1, 0.15) is 0 Å². The maximum Gasteiger partial charge on any atom is 0.182 e. The molecule has 1 saturated heterocycles. The number of nitrogens with zero attached hydrogens (tertiary/aromatic N) is 1. The van der Waals surface area contributed by atoms with Crippen LogP contribution in [0.4, 0.5) is 0 Å². The van der Waals surface area contributed by atoms with Gasteiger partial charge in [-0.1, -0.05) is 45.0 Å². The molecule has 0 atom stereocenters. The summed E-state index contributed by atoms with van der Waals surface area (Å²) in [4.78, 5) is 15.1. The standard InChI is InChI=1S/C18H27NO2/c1-17(2,3)15-8-6-14(7-9-15)16(20)18(4,5)19-10-12-21-13-11-19/h6-9H,10-13H2,1-5H3. The first-order valence-corrected chi connectivity index (χ1v) is 7.71. The number of ketones is 1. The van der Waals surface area contributed by atoms with Gasteiger partial charge in [-0.25, -0.2) is 0 Å². The second-order valence-electron chi connectivity index (χ2n) is 7.31. The Morgan fingerprint density at radius 1 is 1.00 bits per heavy atom. The Hall–Kier alpha value is -1.19. The number of carbonyl (C=O) groups excluding carboxylic acids is 1. The highest BCUT2D eigenvalue weighted by Crippen LogP contribution is 2.25. The van der Waals surface area contributed by atoms with Crippen LogP contribution in [0.25, 0.3) is 0 Å². The van der Waals surface area contributed by atoms with Crippen LogP contribution >= 0.6 is 0 Å². The number of hydrogen-bond acceptors (Lipinski definition) is 3. The SMILES string of the molecule is CC(C)(C)c1ccc(C(=O)C(C)(C)N2CCOCC2)cc1. The second-order valence-corrected chi connectivity index (χ2v) is 7.31. The van der Waals surface area contributed by atoms with Crippen LogP contribution in [-0.2, 0) is 10.2 Å². The lowest BCUT2D eigenvalue weighted by atomic mass is 9.85. The van der Waals surface area contributed by atoms with Crippen LogP contribution in [0.2, 0.25) is 0 Å². The minimum Gasteiger partial charge on any atom is -0.379 e. The van der Waals surface area contributed by atoms with Gasteiger partial charge in [-0.2, -0.15) is 0 Å². The van der Waals surface area contributed by atoms with Crippen molar-refractivity contribution in [1.82, 2.24) is 4.90 Å². The first kappa shape index (κ1) is 16.2. The maximum absolute atomic E-state index is 12.8. The van der Waals surface area contributed by atoms with Gasteiger partial charge in [0, 0.05) is 18.7 Å². The predicted molar refractivity (Wildman–Crippen MR) is 85.9 cm³/mol. The van der Waals surface area contributed by atoms with E-state index in [0.29, 0.717) is 13.2 Å². The fourth-order valence-electron chi connectivity index (χ4n) is 2.74. The van der Waals surface area contributed by atoms with Crippen molar-refractivity contribution in [2.45, 2.75) is 45.6 Å². The van der Waals surface area contributed by atoms with Crippen LogP contribution in [0.15, 0.2) is 24.3 Å². The van der Waals surface area contributed by atoms with Crippen molar-refractivity contribution in [3.8, 4) is 0 Å². The summed E-state index contributed by atoms with van der Waals surface area (Å²) in [7, 11) is 0. The third-order valence-corrected chi connectivity index (χ3v) is 4.37. The van der Waals surface area contributed by atoms with Gasteiger partial charge in [0.2, 0.25) is 0 Å². The molecule has 0 spiro atoms. The van der Waals surface area contributed by atoms with E-state index >= 15 is 0 Å². The molecule has 3 heteroatoms. The molecule has 0 radical (unpaired) electrons. The summed E-state index contributed by atoms with van der Waals surface area (Å²) in [6.07, 6.45) is 0. The summed E-state index contributed by atoms with van der Waals surface area (Å²) in [5, 5.41) is 0. The molecule has 1 heterocycles. The fraction of sp³-hybridized carbons (Fsp3) is 0.611. The largest absolute Gasteiger partial charge is 0.379 e. The summed E-state index contributed by atoms with van der Waals surface area (Å²) in [5.41, 5.74) is 1.68. The zero-order valence-electron chi connectivity index (χ0n) is 13.9. The van der Waals surface area contributed by atoms with E-state index in [4.69, 9.17) is 4.74 Å². The van der Waals surface area contributed by atoms with Gasteiger partial charge in [0.05, 0.1) is 18.8 Å². The zero-order valence-corrected chi connectivity index (χ0v) is 13.9. The fourth-order valence-corrected chi connectivity index (χ4v) is 2.74. The minimum atomic E-state index is -0.479. The average Bonchev–Trinajstić information content (AvgIpc) is 2.46. The van der Waals surface area contributed by atoms with Gasteiger partial charge in [-0.05, 0) is 24.8 Å². The molecule has 0 unspecified atom stereocenters. The van der Waals surface area contributed by atoms with Crippen molar-refractivity contribution in [2.24, 2.45) is 0 Å². The van der Waals surface area contributed by atoms with Crippen LogP contribution in [0, 0.1) is 0 Å². The Bertz CT molecular complexity index is 491. The molecule has 116 valence electrons. The number of hydrogen-bond donors (Lipinski definition) is 0. The molecule has 1 aromatic carbocycles. The highest BCUT2D eigenvalue weighted by molar-refractivity contribution is 6.02. The van der Waals surface area contributed by atoms with Gasteiger partial charge < -0.3 is 4.74 Å². The molecule has 3 nitrogen and oxygen atoms in total. The highest BCUT2D eigenvalue weighted by Gasteiger charge is 2.35. The summed E-state index contributed by atoms with van der Waals surface area (Å²) >= 11 is 0. The number of Topliss-reactive ketones (excluding diaryl/α,β-unsaturated/α-hetero) is 1. The number of benzene rings is 1. The van der Waals surface area contributed by atoms with E-state index in [1.807, 2.05) is 26.0 Å². The maximum atomic E-state index is 12.8. The van der Waals surface area contributed by atoms with Gasteiger partial charge in [-0.3, -0.25) is 9.69 Å². The van der Waals surface area contributed by atoms with Crippen LogP contribution in [0.1, 0.15) is 50.5 Å². The Morgan fingerprint density at radius 2 is 1.52 bits per heavy atom. The molecular weight excluding hydrogens is 262 g/mol. The van der Waals surface area contributed by atoms with E-state index in [2.05, 4.69) is 37.8 Å². The minimum absolute atomic E-state index is 0.112. The Kier molecular flexibility index (Phi) is 4.54. The van der Waals surface area contributed by atoms with Crippen LogP contribution < -0.4 is 0 Å². The Morgan fingerprint density at radius 3 is 2.00 bits per heavy atom. The molecule has 0 aliphatic carbocycles. The smallest absolute Gasteiger partial charge is 0.182 e. The number of rotatable bonds is 3. The summed E-state index contributed by atoms with van der Waals surface area (Å²) in [6, 6.07) is 8.07. The number of ether oxygens (including phenoxy) is 1. The Labute approximate surface area is 128 Å². The second kappa shape index (κ2) is 5.90. The van der Waals surface area contributed by atoms with Crippen molar-refractivity contribution < 1.29 is 9.53 Å². The molecule has 2 rings (SSSR count). The highest BCUT2D eigenvalue weighted by atomic mass is 16.5. The van der Waals surface area contributed by atoms with E-state index in [9.17, 15) is 4.79 Å². The van der Waals surface area contributed by atoms with Crippen molar-refractivity contribution in [3.63, 3.8) is 0 Å². The zero-order chi connectivity index (χ0) is 15.7. The molecule has 0 bridgehead atoms. The van der Waals surface area contributed by atoms with Gasteiger partial charge >= 0.3 is 0 Å². The quantitative estimate of drug-likeness (QED) is 0.800. The lowest BCUT2D eigenvalue weighted by molar-refractivity contribution is -0.00430. The van der Waals surface area contributed by atoms with Crippen LogP contribution in [0.3, 0.4) is 0 Å². The van der Waals surface area contributed by atoms with Crippen molar-refractivity contribution in [2.75, 3.05) is 26.3 Å². The number of morpholine rings is 1. The van der Waals surface area contributed by atoms with Gasteiger partial charge in [-0.15, -0.1) is 0 Å². The molecule has 0 amide bonds. The van der Waals surface area contributed by atoms with Gasteiger partial charge in [0.25, 0.3) is 0 Å². The number of carbonyl (C=O) groups is 1. The normalized spacial score (nSPS) is 17.8. The van der Waals surface area contributed by atoms with Crippen molar-refractivity contribution in [1.29, 1.82) is 0 Å². The van der Waals surface area contributed by atoms with Crippen molar-refractivity contribution in [3.05, 3.63) is 35.4 Å². The first-order valence-electron chi connectivity index (χ1n) is 7.71. The van der Waals surface area contributed by atoms with Crippen LogP contribution in [-0.4, -0.2) is 42.5 Å². The average molecular weight is 289 g/mol. The molecule has 1 aliphatic heterocycles. The Balaban J connectivity index is 2.18. The van der Waals surface area contributed by atoms with Crippen molar-refractivity contribution >= 4 is 5.78 Å². The summed E-state index contributed by atoms with van der Waals surface area (Å²) < 4.78 is 5.38. The molecule has 0 N–H and O–H groups in total. The lowest BCUT2D eigenvalue weighted by Gasteiger charge is -2.39. The molecule has 0 saturated carbocycles. The lowest BCUT2D eigenvalue weighted by Crippen LogP contribution is -2.54. The summed E-state index contributed by atoms with van der Waals surface area (Å²) in [6.45, 7) is 13.6. The molecule has 1 fully saturated rings. The summed E-state index contributed by atoms with van der Waals surface area (Å²) in [5.74, 6) is 0.185. The van der Waals surface area contributed by atoms with Crippen LogP contribution in [0.5, 0.6) is 0 Å². The molecular formula is C18H27NO2.